The summed E-state index contributed by atoms with van der Waals surface area (Å²) in [6.45, 7) is 8.99. The van der Waals surface area contributed by atoms with Crippen LogP contribution < -0.4 is 9.64 Å². The number of β-amino-alcohol motifs (C(OH)–C–C–N with tert-alkyl or cyclic N) is 1. The summed E-state index contributed by atoms with van der Waals surface area (Å²) >= 11 is 6.13. The van der Waals surface area contributed by atoms with Gasteiger partial charge in [-0.05, 0) is 68.0 Å². The van der Waals surface area contributed by atoms with Gasteiger partial charge in [-0.1, -0.05) is 53.6 Å². The molecule has 1 N–H and O–H groups in total. The minimum atomic E-state index is -1.09. The number of amides is 1. The first-order valence-corrected chi connectivity index (χ1v) is 11.8. The van der Waals surface area contributed by atoms with Gasteiger partial charge in [-0.2, -0.15) is 0 Å². The Bertz CT molecular complexity index is 1120. The van der Waals surface area contributed by atoms with Crippen LogP contribution in [0.2, 0.25) is 5.02 Å². The van der Waals surface area contributed by atoms with Crippen molar-refractivity contribution in [1.82, 2.24) is 4.90 Å². The number of benzene rings is 3. The molecule has 5 nitrogen and oxygen atoms in total. The van der Waals surface area contributed by atoms with Crippen LogP contribution in [-0.4, -0.2) is 42.2 Å². The van der Waals surface area contributed by atoms with Gasteiger partial charge in [-0.3, -0.25) is 9.69 Å². The molecule has 1 radical (unpaired) electrons. The average molecular weight is 533 g/mol. The zero-order chi connectivity index (χ0) is 24.3. The smallest absolute Gasteiger partial charge is 0.241 e. The van der Waals surface area contributed by atoms with Gasteiger partial charge in [0.2, 0.25) is 5.91 Å². The van der Waals surface area contributed by atoms with E-state index in [4.69, 9.17) is 16.3 Å². The quantitative estimate of drug-likeness (QED) is 0.337. The van der Waals surface area contributed by atoms with E-state index in [1.807, 2.05) is 89.5 Å². The molecular weight excluding hydrogens is 503 g/mol. The summed E-state index contributed by atoms with van der Waals surface area (Å²) in [7, 11) is 0. The predicted octanol–water partition coefficient (Wildman–Crippen LogP) is 5.16. The fourth-order valence-corrected chi connectivity index (χ4v) is 4.60. The molecule has 1 fully saturated rings. The number of anilines is 1. The maximum Gasteiger partial charge on any atom is 0.241 e. The third kappa shape index (κ3) is 6.46. The molecule has 1 saturated heterocycles. The Balaban J connectivity index is 0.00000342. The minimum absolute atomic E-state index is 0. The Labute approximate surface area is 223 Å². The molecule has 3 aromatic rings. The van der Waals surface area contributed by atoms with Gasteiger partial charge in [-0.25, -0.2) is 0 Å². The van der Waals surface area contributed by atoms with Crippen molar-refractivity contribution in [3.05, 3.63) is 101 Å². The van der Waals surface area contributed by atoms with Crippen molar-refractivity contribution in [2.75, 3.05) is 31.1 Å². The van der Waals surface area contributed by atoms with Gasteiger partial charge in [0.25, 0.3) is 0 Å². The van der Waals surface area contributed by atoms with E-state index in [-0.39, 0.29) is 35.6 Å². The third-order valence-electron chi connectivity index (χ3n) is 6.21. The SMILES string of the molecule is [CH2-]COc1ccc(N2C(=O)CN(CC(C)(O)c3ccc(C)cc3)C[C@H]2c2ccc(Cl)cc2)cc1.[Mn]. The second-order valence-corrected chi connectivity index (χ2v) is 9.42. The van der Waals surface area contributed by atoms with E-state index < -0.39 is 5.60 Å². The van der Waals surface area contributed by atoms with Crippen LogP contribution in [0.4, 0.5) is 5.69 Å². The Hall–Kier alpha value is -2.34. The van der Waals surface area contributed by atoms with Crippen LogP contribution in [0.1, 0.15) is 29.7 Å². The molecular formula is C28H30ClMnN2O3-. The molecule has 1 aliphatic heterocycles. The summed E-state index contributed by atoms with van der Waals surface area (Å²) in [4.78, 5) is 17.3. The Morgan fingerprint density at radius 1 is 1.06 bits per heavy atom. The summed E-state index contributed by atoms with van der Waals surface area (Å²) < 4.78 is 5.46. The van der Waals surface area contributed by atoms with Crippen LogP contribution >= 0.6 is 11.6 Å². The van der Waals surface area contributed by atoms with Crippen molar-refractivity contribution in [2.24, 2.45) is 0 Å². The number of ether oxygens (including phenoxy) is 1. The molecule has 35 heavy (non-hydrogen) atoms. The molecule has 2 atom stereocenters. The number of piperazine rings is 1. The van der Waals surface area contributed by atoms with Gasteiger partial charge in [-0.15, -0.1) is 0 Å². The van der Waals surface area contributed by atoms with Crippen molar-refractivity contribution < 1.29 is 31.7 Å². The number of carbonyl (C=O) groups excluding carboxylic acids is 1. The normalized spacial score (nSPS) is 18.0. The summed E-state index contributed by atoms with van der Waals surface area (Å²) in [5.74, 6) is 0.679. The third-order valence-corrected chi connectivity index (χ3v) is 6.47. The van der Waals surface area contributed by atoms with Crippen LogP contribution in [0.5, 0.6) is 5.75 Å². The summed E-state index contributed by atoms with van der Waals surface area (Å²) in [5.41, 5.74) is 2.66. The summed E-state index contributed by atoms with van der Waals surface area (Å²) in [6, 6.07) is 22.7. The molecule has 0 aliphatic carbocycles. The Morgan fingerprint density at radius 2 is 1.69 bits per heavy atom. The minimum Gasteiger partial charge on any atom is -0.525 e. The number of halogens is 1. The Morgan fingerprint density at radius 3 is 2.29 bits per heavy atom. The fraction of sp³-hybridized carbons (Fsp3) is 0.286. The van der Waals surface area contributed by atoms with Crippen LogP contribution in [-0.2, 0) is 27.5 Å². The molecule has 0 spiro atoms. The van der Waals surface area contributed by atoms with Crippen LogP contribution in [0, 0.1) is 13.8 Å². The maximum atomic E-state index is 13.5. The average Bonchev–Trinajstić information content (AvgIpc) is 2.80. The zero-order valence-corrected chi connectivity index (χ0v) is 21.9. The molecule has 3 aromatic carbocycles. The monoisotopic (exact) mass is 532 g/mol. The molecule has 4 rings (SSSR count). The molecule has 0 saturated carbocycles. The van der Waals surface area contributed by atoms with Crippen molar-refractivity contribution >= 4 is 23.2 Å². The van der Waals surface area contributed by atoms with Crippen molar-refractivity contribution in [2.45, 2.75) is 25.5 Å². The maximum absolute atomic E-state index is 13.5. The number of nitrogens with zero attached hydrogens (tertiary/aromatic N) is 2. The first-order chi connectivity index (χ1) is 16.3. The first-order valence-electron chi connectivity index (χ1n) is 11.4. The van der Waals surface area contributed by atoms with Gasteiger partial charge in [0.15, 0.2) is 0 Å². The van der Waals surface area contributed by atoms with Gasteiger partial charge < -0.3 is 21.7 Å². The molecule has 185 valence electrons. The topological polar surface area (TPSA) is 53.0 Å². The number of aryl methyl sites for hydroxylation is 1. The van der Waals surface area contributed by atoms with Crippen LogP contribution in [0.15, 0.2) is 72.8 Å². The van der Waals surface area contributed by atoms with E-state index in [2.05, 4.69) is 6.92 Å². The van der Waals surface area contributed by atoms with E-state index in [0.29, 0.717) is 30.5 Å². The van der Waals surface area contributed by atoms with Crippen molar-refractivity contribution in [3.8, 4) is 5.75 Å². The zero-order valence-electron chi connectivity index (χ0n) is 20.0. The summed E-state index contributed by atoms with van der Waals surface area (Å²) in [5, 5.41) is 11.9. The fourth-order valence-electron chi connectivity index (χ4n) is 4.48. The Kier molecular flexibility index (Phi) is 9.03. The second kappa shape index (κ2) is 11.6. The standard InChI is InChI=1S/C28H30ClN2O3.Mn/c1-4-34-25-15-13-24(14-16-25)31-26(21-7-11-23(29)12-8-21)17-30(18-27(31)32)19-28(3,33)22-9-5-20(2)6-10-22;/h5-16,26,33H,1,4,17-19H2,2-3H3;/q-1;/t26-,28?;/m0./s1. The van der Waals surface area contributed by atoms with Gasteiger partial charge >= 0.3 is 0 Å². The first kappa shape index (κ1) is 27.3. The number of hydrogen-bond acceptors (Lipinski definition) is 4. The summed E-state index contributed by atoms with van der Waals surface area (Å²) in [6.07, 6.45) is 0. The van der Waals surface area contributed by atoms with Gasteiger partial charge in [0, 0.05) is 40.9 Å². The second-order valence-electron chi connectivity index (χ2n) is 8.98. The number of aliphatic hydroxyl groups is 1. The molecule has 1 heterocycles. The van der Waals surface area contributed by atoms with Crippen LogP contribution in [0.3, 0.4) is 0 Å². The molecule has 1 aliphatic rings. The molecule has 7 heteroatoms. The van der Waals surface area contributed by atoms with Crippen molar-refractivity contribution in [1.29, 1.82) is 0 Å². The van der Waals surface area contributed by atoms with Gasteiger partial charge in [0.05, 0.1) is 18.2 Å². The molecule has 0 aromatic heterocycles. The van der Waals surface area contributed by atoms with Crippen molar-refractivity contribution in [3.63, 3.8) is 0 Å². The molecule has 0 bridgehead atoms. The van der Waals surface area contributed by atoms with Gasteiger partial charge in [0.1, 0.15) is 5.75 Å². The van der Waals surface area contributed by atoms with E-state index >= 15 is 0 Å². The number of rotatable bonds is 7. The van der Waals surface area contributed by atoms with E-state index in [0.717, 1.165) is 22.4 Å². The molecule has 1 amide bonds. The largest absolute Gasteiger partial charge is 0.525 e. The van der Waals surface area contributed by atoms with Crippen LogP contribution in [0.25, 0.3) is 0 Å². The number of hydrogen-bond donors (Lipinski definition) is 1. The number of carbonyl (C=O) groups is 1. The molecule has 1 unspecified atom stereocenters. The van der Waals surface area contributed by atoms with E-state index in [1.54, 1.807) is 6.92 Å². The van der Waals surface area contributed by atoms with E-state index in [1.165, 1.54) is 0 Å². The van der Waals surface area contributed by atoms with E-state index in [9.17, 15) is 9.90 Å². The predicted molar refractivity (Wildman–Crippen MR) is 136 cm³/mol.